The molecule has 2 aromatic rings. The molecule has 2 N–H and O–H groups in total. The van der Waals surface area contributed by atoms with E-state index in [4.69, 9.17) is 0 Å². The molecule has 0 saturated carbocycles. The third kappa shape index (κ3) is 5.51. The number of aromatic nitrogens is 1. The van der Waals surface area contributed by atoms with Gasteiger partial charge in [-0.15, -0.1) is 0 Å². The minimum atomic E-state index is -0.419. The second-order valence-corrected chi connectivity index (χ2v) is 6.43. The van der Waals surface area contributed by atoms with Crippen LogP contribution in [0.15, 0.2) is 42.5 Å². The van der Waals surface area contributed by atoms with E-state index < -0.39 is 5.91 Å². The first-order valence-electron chi connectivity index (χ1n) is 8.54. The molecule has 0 aliphatic rings. The van der Waals surface area contributed by atoms with Crippen LogP contribution in [0.25, 0.3) is 0 Å². The predicted molar refractivity (Wildman–Crippen MR) is 100 cm³/mol. The Morgan fingerprint density at radius 1 is 0.962 bits per heavy atom. The van der Waals surface area contributed by atoms with Crippen LogP contribution in [0.1, 0.15) is 58.5 Å². The first-order valence-corrected chi connectivity index (χ1v) is 8.54. The van der Waals surface area contributed by atoms with Crippen molar-refractivity contribution < 1.29 is 14.4 Å². The van der Waals surface area contributed by atoms with Crippen LogP contribution in [-0.2, 0) is 0 Å². The van der Waals surface area contributed by atoms with Crippen molar-refractivity contribution in [3.63, 3.8) is 0 Å². The van der Waals surface area contributed by atoms with Crippen LogP contribution in [0.3, 0.4) is 0 Å². The standard InChI is InChI=1S/C20H23N3O3/c1-13(2)11-12-21-19(25)17-5-4-6-18(23-17)20(26)22-16-9-7-15(8-10-16)14(3)24/h4-10,13H,11-12H2,1-3H3,(H,21,25)(H,22,26). The van der Waals surface area contributed by atoms with Gasteiger partial charge in [-0.05, 0) is 55.7 Å². The Hall–Kier alpha value is -3.02. The van der Waals surface area contributed by atoms with Gasteiger partial charge in [-0.1, -0.05) is 19.9 Å². The van der Waals surface area contributed by atoms with Gasteiger partial charge in [-0.2, -0.15) is 0 Å². The van der Waals surface area contributed by atoms with Crippen molar-refractivity contribution in [2.24, 2.45) is 5.92 Å². The topological polar surface area (TPSA) is 88.2 Å². The van der Waals surface area contributed by atoms with Gasteiger partial charge in [0.2, 0.25) is 0 Å². The quantitative estimate of drug-likeness (QED) is 0.748. The fraction of sp³-hybridized carbons (Fsp3) is 0.300. The summed E-state index contributed by atoms with van der Waals surface area (Å²) in [6, 6.07) is 11.3. The zero-order chi connectivity index (χ0) is 19.1. The number of nitrogens with one attached hydrogen (secondary N) is 2. The molecule has 0 bridgehead atoms. The molecule has 26 heavy (non-hydrogen) atoms. The zero-order valence-electron chi connectivity index (χ0n) is 15.2. The highest BCUT2D eigenvalue weighted by Crippen LogP contribution is 2.11. The molecule has 2 rings (SSSR count). The van der Waals surface area contributed by atoms with Crippen LogP contribution in [0.4, 0.5) is 5.69 Å². The monoisotopic (exact) mass is 353 g/mol. The van der Waals surface area contributed by atoms with Gasteiger partial charge in [-0.25, -0.2) is 4.98 Å². The highest BCUT2D eigenvalue weighted by Gasteiger charge is 2.12. The summed E-state index contributed by atoms with van der Waals surface area (Å²) in [5.41, 5.74) is 1.47. The summed E-state index contributed by atoms with van der Waals surface area (Å²) in [7, 11) is 0. The van der Waals surface area contributed by atoms with Crippen LogP contribution >= 0.6 is 0 Å². The summed E-state index contributed by atoms with van der Waals surface area (Å²) < 4.78 is 0. The summed E-state index contributed by atoms with van der Waals surface area (Å²) in [5.74, 6) is -0.265. The first kappa shape index (κ1) is 19.3. The number of Topliss-reactive ketones (excluding diaryl/α,β-unsaturated/α-hetero) is 1. The van der Waals surface area contributed by atoms with E-state index in [0.717, 1.165) is 6.42 Å². The van der Waals surface area contributed by atoms with Crippen LogP contribution in [-0.4, -0.2) is 29.1 Å². The number of amides is 2. The second-order valence-electron chi connectivity index (χ2n) is 6.43. The maximum absolute atomic E-state index is 12.3. The van der Waals surface area contributed by atoms with Crippen molar-refractivity contribution in [2.45, 2.75) is 27.2 Å². The Balaban J connectivity index is 2.03. The van der Waals surface area contributed by atoms with Crippen molar-refractivity contribution in [1.82, 2.24) is 10.3 Å². The molecule has 0 spiro atoms. The summed E-state index contributed by atoms with van der Waals surface area (Å²) >= 11 is 0. The fourth-order valence-electron chi connectivity index (χ4n) is 2.24. The summed E-state index contributed by atoms with van der Waals surface area (Å²) in [6.45, 7) is 6.21. The lowest BCUT2D eigenvalue weighted by Gasteiger charge is -2.08. The molecule has 0 fully saturated rings. The molecule has 6 nitrogen and oxygen atoms in total. The summed E-state index contributed by atoms with van der Waals surface area (Å²) in [4.78, 5) is 39.9. The number of carbonyl (C=O) groups is 3. The van der Waals surface area contributed by atoms with Crippen LogP contribution < -0.4 is 10.6 Å². The van der Waals surface area contributed by atoms with Gasteiger partial charge in [0.1, 0.15) is 11.4 Å². The molecule has 1 aromatic heterocycles. The average Bonchev–Trinajstić information content (AvgIpc) is 2.62. The van der Waals surface area contributed by atoms with E-state index in [-0.39, 0.29) is 23.1 Å². The number of nitrogens with zero attached hydrogens (tertiary/aromatic N) is 1. The number of anilines is 1. The highest BCUT2D eigenvalue weighted by atomic mass is 16.2. The molecule has 0 saturated heterocycles. The van der Waals surface area contributed by atoms with E-state index in [0.29, 0.717) is 23.7 Å². The molecule has 0 atom stereocenters. The molecular formula is C20H23N3O3. The van der Waals surface area contributed by atoms with Gasteiger partial charge >= 0.3 is 0 Å². The molecule has 1 heterocycles. The lowest BCUT2D eigenvalue weighted by Crippen LogP contribution is -2.27. The zero-order valence-corrected chi connectivity index (χ0v) is 15.2. The third-order valence-electron chi connectivity index (χ3n) is 3.77. The molecule has 136 valence electrons. The predicted octanol–water partition coefficient (Wildman–Crippen LogP) is 3.31. The number of benzene rings is 1. The van der Waals surface area contributed by atoms with Crippen molar-refractivity contribution in [1.29, 1.82) is 0 Å². The smallest absolute Gasteiger partial charge is 0.274 e. The highest BCUT2D eigenvalue weighted by molar-refractivity contribution is 6.04. The number of carbonyl (C=O) groups excluding carboxylic acids is 3. The minimum Gasteiger partial charge on any atom is -0.351 e. The number of rotatable bonds is 7. The molecule has 0 aliphatic carbocycles. The summed E-state index contributed by atoms with van der Waals surface area (Å²) in [6.07, 6.45) is 0.877. The van der Waals surface area contributed by atoms with Crippen molar-refractivity contribution in [3.8, 4) is 0 Å². The van der Waals surface area contributed by atoms with Gasteiger partial charge in [0.05, 0.1) is 0 Å². The van der Waals surface area contributed by atoms with Crippen molar-refractivity contribution >= 4 is 23.3 Å². The maximum Gasteiger partial charge on any atom is 0.274 e. The number of hydrogen-bond donors (Lipinski definition) is 2. The van der Waals surface area contributed by atoms with Crippen LogP contribution in [0, 0.1) is 5.92 Å². The van der Waals surface area contributed by atoms with Crippen LogP contribution in [0.5, 0.6) is 0 Å². The molecule has 1 aromatic carbocycles. The Labute approximate surface area is 153 Å². The van der Waals surface area contributed by atoms with Crippen molar-refractivity contribution in [3.05, 3.63) is 59.4 Å². The van der Waals surface area contributed by atoms with E-state index in [1.165, 1.54) is 6.92 Å². The molecule has 0 unspecified atom stereocenters. The van der Waals surface area contributed by atoms with E-state index in [2.05, 4.69) is 29.5 Å². The molecule has 6 heteroatoms. The Morgan fingerprint density at radius 3 is 2.15 bits per heavy atom. The molecule has 2 amide bonds. The van der Waals surface area contributed by atoms with Gasteiger partial charge in [0, 0.05) is 17.8 Å². The van der Waals surface area contributed by atoms with Gasteiger partial charge in [-0.3, -0.25) is 14.4 Å². The van der Waals surface area contributed by atoms with Gasteiger partial charge in [0.25, 0.3) is 11.8 Å². The lowest BCUT2D eigenvalue weighted by atomic mass is 10.1. The largest absolute Gasteiger partial charge is 0.351 e. The van der Waals surface area contributed by atoms with Gasteiger partial charge in [0.15, 0.2) is 5.78 Å². The van der Waals surface area contributed by atoms with Crippen LogP contribution in [0.2, 0.25) is 0 Å². The molecular weight excluding hydrogens is 330 g/mol. The number of ketones is 1. The van der Waals surface area contributed by atoms with E-state index in [9.17, 15) is 14.4 Å². The summed E-state index contributed by atoms with van der Waals surface area (Å²) in [5, 5.41) is 5.50. The fourth-order valence-corrected chi connectivity index (χ4v) is 2.24. The van der Waals surface area contributed by atoms with E-state index in [1.807, 2.05) is 0 Å². The van der Waals surface area contributed by atoms with E-state index in [1.54, 1.807) is 42.5 Å². The lowest BCUT2D eigenvalue weighted by molar-refractivity contribution is 0.0945. The Morgan fingerprint density at radius 2 is 1.58 bits per heavy atom. The second kappa shape index (κ2) is 8.89. The molecule has 0 aliphatic heterocycles. The number of hydrogen-bond acceptors (Lipinski definition) is 4. The third-order valence-corrected chi connectivity index (χ3v) is 3.77. The normalized spacial score (nSPS) is 10.5. The number of pyridine rings is 1. The molecule has 0 radical (unpaired) electrons. The SMILES string of the molecule is CC(=O)c1ccc(NC(=O)c2cccc(C(=O)NCCC(C)C)n2)cc1. The Bertz CT molecular complexity index is 798. The van der Waals surface area contributed by atoms with E-state index >= 15 is 0 Å². The minimum absolute atomic E-state index is 0.0410. The first-order chi connectivity index (χ1) is 12.4. The Kier molecular flexibility index (Phi) is 6.60. The average molecular weight is 353 g/mol. The van der Waals surface area contributed by atoms with Crippen molar-refractivity contribution in [2.75, 3.05) is 11.9 Å². The van der Waals surface area contributed by atoms with Gasteiger partial charge < -0.3 is 10.6 Å². The maximum atomic E-state index is 12.3.